The summed E-state index contributed by atoms with van der Waals surface area (Å²) in [5.41, 5.74) is 1.92. The number of oxazole rings is 1. The molecule has 174 valence electrons. The van der Waals surface area contributed by atoms with Gasteiger partial charge in [-0.2, -0.15) is 0 Å². The molecule has 2 heterocycles. The highest BCUT2D eigenvalue weighted by Gasteiger charge is 2.37. The van der Waals surface area contributed by atoms with Crippen molar-refractivity contribution in [1.82, 2.24) is 10.3 Å². The van der Waals surface area contributed by atoms with Crippen LogP contribution in [0, 0.1) is 0 Å². The standard InChI is InChI=1S/C24H21N3O6S/c28-23(25-13-12-16-6-2-1-3-7-16)22-15-27(19-8-4-5-9-20(19)32-22)34(30,31)17-10-11-18-21(14-17)33-24(29)26-18/h1-11,14,22H,12-13,15H2,(H,25,28)(H,26,29). The van der Waals surface area contributed by atoms with Crippen molar-refractivity contribution in [2.24, 2.45) is 0 Å². The summed E-state index contributed by atoms with van der Waals surface area (Å²) in [5.74, 6) is -0.791. The summed E-state index contributed by atoms with van der Waals surface area (Å²) in [6, 6.07) is 20.5. The quantitative estimate of drug-likeness (QED) is 0.438. The van der Waals surface area contributed by atoms with Crippen LogP contribution in [0.15, 0.2) is 86.9 Å². The number of aromatic amines is 1. The smallest absolute Gasteiger partial charge is 0.417 e. The van der Waals surface area contributed by atoms with Crippen molar-refractivity contribution in [1.29, 1.82) is 0 Å². The lowest BCUT2D eigenvalue weighted by Gasteiger charge is -2.34. The molecule has 0 radical (unpaired) electrons. The van der Waals surface area contributed by atoms with Crippen LogP contribution in [0.25, 0.3) is 11.1 Å². The largest absolute Gasteiger partial charge is 0.476 e. The van der Waals surface area contributed by atoms with Gasteiger partial charge in [0, 0.05) is 12.6 Å². The number of aromatic nitrogens is 1. The Morgan fingerprint density at radius 2 is 1.82 bits per heavy atom. The number of hydrogen-bond acceptors (Lipinski definition) is 6. The molecule has 1 aliphatic rings. The minimum Gasteiger partial charge on any atom is -0.476 e. The monoisotopic (exact) mass is 479 g/mol. The second kappa shape index (κ2) is 8.71. The van der Waals surface area contributed by atoms with Crippen LogP contribution in [0.4, 0.5) is 5.69 Å². The van der Waals surface area contributed by atoms with E-state index in [1.807, 2.05) is 30.3 Å². The number of carbonyl (C=O) groups excluding carboxylic acids is 1. The highest BCUT2D eigenvalue weighted by atomic mass is 32.2. The number of carbonyl (C=O) groups is 1. The topological polar surface area (TPSA) is 122 Å². The molecule has 1 amide bonds. The summed E-state index contributed by atoms with van der Waals surface area (Å²) < 4.78 is 39.2. The molecular formula is C24H21N3O6S. The molecule has 1 unspecified atom stereocenters. The van der Waals surface area contributed by atoms with Crippen molar-refractivity contribution in [3.05, 3.63) is 88.9 Å². The third-order valence-corrected chi connectivity index (χ3v) is 7.34. The maximum Gasteiger partial charge on any atom is 0.417 e. The first-order valence-corrected chi connectivity index (χ1v) is 12.1. The van der Waals surface area contributed by atoms with Crippen molar-refractivity contribution in [2.75, 3.05) is 17.4 Å². The average molecular weight is 480 g/mol. The fourth-order valence-corrected chi connectivity index (χ4v) is 5.36. The van der Waals surface area contributed by atoms with E-state index >= 15 is 0 Å². The van der Waals surface area contributed by atoms with Gasteiger partial charge in [-0.1, -0.05) is 42.5 Å². The molecule has 0 saturated carbocycles. The van der Waals surface area contributed by atoms with Crippen LogP contribution in [0.2, 0.25) is 0 Å². The number of fused-ring (bicyclic) bond motifs is 2. The molecule has 5 rings (SSSR count). The number of hydrogen-bond donors (Lipinski definition) is 2. The van der Waals surface area contributed by atoms with E-state index in [2.05, 4.69) is 10.3 Å². The van der Waals surface area contributed by atoms with Crippen LogP contribution in [0.1, 0.15) is 5.56 Å². The molecule has 0 spiro atoms. The second-order valence-electron chi connectivity index (χ2n) is 7.81. The van der Waals surface area contributed by atoms with Crippen molar-refractivity contribution < 1.29 is 22.4 Å². The molecule has 1 atom stereocenters. The highest BCUT2D eigenvalue weighted by molar-refractivity contribution is 7.92. The molecule has 0 saturated heterocycles. The van der Waals surface area contributed by atoms with E-state index in [1.54, 1.807) is 24.3 Å². The SMILES string of the molecule is O=C(NCCc1ccccc1)C1CN(S(=O)(=O)c2ccc3[nH]c(=O)oc3c2)c2ccccc2O1. The number of amides is 1. The molecule has 2 N–H and O–H groups in total. The Bertz CT molecular complexity index is 1510. The Labute approximate surface area is 195 Å². The Morgan fingerprint density at radius 1 is 1.06 bits per heavy atom. The van der Waals surface area contributed by atoms with Gasteiger partial charge in [-0.15, -0.1) is 0 Å². The number of H-pyrrole nitrogens is 1. The minimum absolute atomic E-state index is 0.0670. The summed E-state index contributed by atoms with van der Waals surface area (Å²) in [5, 5.41) is 2.83. The Balaban J connectivity index is 1.40. The van der Waals surface area contributed by atoms with Gasteiger partial charge in [-0.05, 0) is 36.2 Å². The van der Waals surface area contributed by atoms with E-state index in [0.29, 0.717) is 24.2 Å². The van der Waals surface area contributed by atoms with Gasteiger partial charge in [-0.3, -0.25) is 14.1 Å². The normalized spacial score (nSPS) is 15.5. The van der Waals surface area contributed by atoms with Gasteiger partial charge in [-0.25, -0.2) is 13.2 Å². The van der Waals surface area contributed by atoms with Gasteiger partial charge in [0.05, 0.1) is 22.6 Å². The van der Waals surface area contributed by atoms with Gasteiger partial charge in [0.25, 0.3) is 15.9 Å². The van der Waals surface area contributed by atoms with Crippen LogP contribution >= 0.6 is 0 Å². The van der Waals surface area contributed by atoms with Crippen LogP contribution in [-0.4, -0.2) is 38.5 Å². The Kier molecular flexibility index (Phi) is 5.58. The zero-order valence-corrected chi connectivity index (χ0v) is 18.7. The fourth-order valence-electron chi connectivity index (χ4n) is 3.87. The van der Waals surface area contributed by atoms with E-state index in [1.165, 1.54) is 18.2 Å². The molecule has 0 bridgehead atoms. The number of benzene rings is 3. The summed E-state index contributed by atoms with van der Waals surface area (Å²) in [7, 11) is -4.09. The van der Waals surface area contributed by atoms with Crippen molar-refractivity contribution in [3.63, 3.8) is 0 Å². The molecule has 0 aliphatic carbocycles. The van der Waals surface area contributed by atoms with Crippen LogP contribution in [0.3, 0.4) is 0 Å². The van der Waals surface area contributed by atoms with E-state index in [9.17, 15) is 18.0 Å². The number of sulfonamides is 1. The Morgan fingerprint density at radius 3 is 2.65 bits per heavy atom. The molecule has 3 aromatic carbocycles. The van der Waals surface area contributed by atoms with Gasteiger partial charge in [0.1, 0.15) is 5.75 Å². The number of anilines is 1. The first-order chi connectivity index (χ1) is 16.4. The lowest BCUT2D eigenvalue weighted by atomic mass is 10.1. The first-order valence-electron chi connectivity index (χ1n) is 10.6. The molecule has 0 fully saturated rings. The number of nitrogens with one attached hydrogen (secondary N) is 2. The Hall–Kier alpha value is -4.05. The first kappa shape index (κ1) is 21.8. The third kappa shape index (κ3) is 4.15. The van der Waals surface area contributed by atoms with Gasteiger partial charge in [0.2, 0.25) is 0 Å². The molecule has 34 heavy (non-hydrogen) atoms. The predicted octanol–water partition coefficient (Wildman–Crippen LogP) is 2.44. The average Bonchev–Trinajstić information content (AvgIpc) is 3.23. The third-order valence-electron chi connectivity index (χ3n) is 5.56. The van der Waals surface area contributed by atoms with Crippen molar-refractivity contribution in [2.45, 2.75) is 17.4 Å². The summed E-state index contributed by atoms with van der Waals surface area (Å²) in [6.07, 6.45) is -0.394. The molecule has 1 aliphatic heterocycles. The maximum atomic E-state index is 13.6. The highest BCUT2D eigenvalue weighted by Crippen LogP contribution is 2.37. The van der Waals surface area contributed by atoms with Crippen LogP contribution in [0.5, 0.6) is 5.75 Å². The van der Waals surface area contributed by atoms with Gasteiger partial charge >= 0.3 is 5.76 Å². The summed E-state index contributed by atoms with van der Waals surface area (Å²) >= 11 is 0. The van der Waals surface area contributed by atoms with Crippen LogP contribution in [-0.2, 0) is 21.2 Å². The summed E-state index contributed by atoms with van der Waals surface area (Å²) in [6.45, 7) is 0.186. The number of ether oxygens (including phenoxy) is 1. The minimum atomic E-state index is -4.09. The van der Waals surface area contributed by atoms with Crippen molar-refractivity contribution >= 4 is 32.7 Å². The van der Waals surface area contributed by atoms with Crippen LogP contribution < -0.4 is 20.1 Å². The number of rotatable bonds is 6. The molecule has 4 aromatic rings. The number of nitrogens with zero attached hydrogens (tertiary/aromatic N) is 1. The molecule has 10 heteroatoms. The zero-order valence-electron chi connectivity index (χ0n) is 17.9. The lowest BCUT2D eigenvalue weighted by Crippen LogP contribution is -2.51. The van der Waals surface area contributed by atoms with E-state index in [-0.39, 0.29) is 22.8 Å². The van der Waals surface area contributed by atoms with E-state index < -0.39 is 27.8 Å². The summed E-state index contributed by atoms with van der Waals surface area (Å²) in [4.78, 5) is 26.8. The van der Waals surface area contributed by atoms with Gasteiger partial charge < -0.3 is 14.5 Å². The van der Waals surface area contributed by atoms with E-state index in [4.69, 9.17) is 9.15 Å². The molecule has 1 aromatic heterocycles. The van der Waals surface area contributed by atoms with E-state index in [0.717, 1.165) is 9.87 Å². The lowest BCUT2D eigenvalue weighted by molar-refractivity contribution is -0.127. The number of para-hydroxylation sites is 2. The van der Waals surface area contributed by atoms with Gasteiger partial charge in [0.15, 0.2) is 11.7 Å². The zero-order chi connectivity index (χ0) is 23.7. The molecule has 9 nitrogen and oxygen atoms in total. The fraction of sp³-hybridized carbons (Fsp3) is 0.167. The van der Waals surface area contributed by atoms with Crippen molar-refractivity contribution in [3.8, 4) is 5.75 Å². The molecular weight excluding hydrogens is 458 g/mol. The predicted molar refractivity (Wildman–Crippen MR) is 125 cm³/mol. The maximum absolute atomic E-state index is 13.6. The second-order valence-corrected chi connectivity index (χ2v) is 9.67.